The van der Waals surface area contributed by atoms with Crippen LogP contribution in [0.5, 0.6) is 0 Å². The van der Waals surface area contributed by atoms with Crippen molar-refractivity contribution in [1.29, 1.82) is 0 Å². The third-order valence-corrected chi connectivity index (χ3v) is 4.16. The van der Waals surface area contributed by atoms with Crippen molar-refractivity contribution in [1.82, 2.24) is 0 Å². The fourth-order valence-corrected chi connectivity index (χ4v) is 2.70. The summed E-state index contributed by atoms with van der Waals surface area (Å²) in [7, 11) is 0. The molecule has 4 heteroatoms. The molecule has 0 atom stereocenters. The molecule has 0 aliphatic heterocycles. The summed E-state index contributed by atoms with van der Waals surface area (Å²) in [5.74, 6) is 0. The van der Waals surface area contributed by atoms with Gasteiger partial charge in [0.25, 0.3) is 0 Å². The number of carbonyl (C=O) groups is 1. The summed E-state index contributed by atoms with van der Waals surface area (Å²) in [5, 5.41) is 2.66. The number of allylic oxidation sites excluding steroid dienone is 2. The maximum Gasteiger partial charge on any atom is 4.00 e. The first-order valence-electron chi connectivity index (χ1n) is 8.87. The molecule has 0 aromatic heterocycles. The second-order valence-corrected chi connectivity index (χ2v) is 5.96. The average Bonchev–Trinajstić information content (AvgIpc) is 3.24. The Balaban J connectivity index is -0.000000454. The van der Waals surface area contributed by atoms with E-state index >= 15 is 0 Å². The first-order chi connectivity index (χ1) is 13.7. The average molecular weight is 471 g/mol. The van der Waals surface area contributed by atoms with E-state index in [-0.39, 0.29) is 53.9 Å². The van der Waals surface area contributed by atoms with Crippen molar-refractivity contribution in [3.8, 4) is 0 Å². The normalized spacial score (nSPS) is 8.12. The van der Waals surface area contributed by atoms with Gasteiger partial charge in [-0.05, 0) is 22.3 Å². The first-order valence-corrected chi connectivity index (χ1v) is 8.87. The summed E-state index contributed by atoms with van der Waals surface area (Å²) >= 11 is 0. The fourth-order valence-electron chi connectivity index (χ4n) is 2.70. The molecule has 4 aromatic carbocycles. The van der Waals surface area contributed by atoms with E-state index < -0.39 is 0 Å². The Morgan fingerprint density at radius 1 is 0.719 bits per heavy atom. The predicted octanol–water partition coefficient (Wildman–Crippen LogP) is 7.68. The van der Waals surface area contributed by atoms with E-state index in [1.165, 1.54) is 10.8 Å². The smallest absolute Gasteiger partial charge is 0.671 e. The van der Waals surface area contributed by atoms with Crippen molar-refractivity contribution in [2.24, 2.45) is 0 Å². The van der Waals surface area contributed by atoms with Crippen molar-refractivity contribution in [3.05, 3.63) is 148 Å². The van der Waals surface area contributed by atoms with Gasteiger partial charge in [-0.15, -0.1) is 29.7 Å². The largest absolute Gasteiger partial charge is 4.00 e. The number of hydrogen-bond acceptors (Lipinski definition) is 1. The molecule has 160 valence electrons. The number of fused-ring (bicyclic) bond motifs is 1. The van der Waals surface area contributed by atoms with Crippen LogP contribution in [0.4, 0.5) is 0 Å². The van der Waals surface area contributed by atoms with Crippen molar-refractivity contribution < 1.29 is 26.5 Å². The van der Waals surface area contributed by atoms with Crippen LogP contribution < -0.4 is 0 Å². The van der Waals surface area contributed by atoms with Crippen molar-refractivity contribution in [3.63, 3.8) is 0 Å². The second-order valence-electron chi connectivity index (χ2n) is 5.96. The van der Waals surface area contributed by atoms with Gasteiger partial charge in [0.05, 0.1) is 0 Å². The zero-order valence-corrected chi connectivity index (χ0v) is 21.3. The Hall–Kier alpha value is -2.85. The molecule has 1 amide bonds. The van der Waals surface area contributed by atoms with Crippen LogP contribution in [0.25, 0.3) is 27.7 Å². The quantitative estimate of drug-likeness (QED) is 0.131. The number of rotatable bonds is 3. The number of benzene rings is 3. The standard InChI is InChI=1S/C16H14.C9H7.CH3NO.2CH3.Si.Ti/c1-13(15-9-5-3-6-10-15)14(2)16-11-7-4-8-12-16;1-2-5-9-7-3-6-8(9)4-1;2-1-3;;;;/h3-12H,1-2H2;1-7H;1H,(H2,2,3);2*1H3;;/q;-1;;2*-1;;+4/p-1. The fraction of sp³-hybridized carbons (Fsp3) is 0. The molecule has 0 heterocycles. The molecule has 0 fully saturated rings. The Morgan fingerprint density at radius 3 is 1.50 bits per heavy atom. The Kier molecular flexibility index (Phi) is 19.9. The molecule has 1 N–H and O–H groups in total. The zero-order valence-electron chi connectivity index (χ0n) is 18.7. The minimum Gasteiger partial charge on any atom is -0.671 e. The van der Waals surface area contributed by atoms with Gasteiger partial charge in [-0.1, -0.05) is 79.9 Å². The molecule has 0 aliphatic rings. The van der Waals surface area contributed by atoms with Crippen molar-refractivity contribution >= 4 is 39.3 Å². The number of nitrogens with one attached hydrogen (secondary N) is 1. The third-order valence-electron chi connectivity index (χ3n) is 4.16. The molecule has 4 rings (SSSR count). The maximum atomic E-state index is 8.47. The molecular weight excluding hydrogens is 442 g/mol. The molecule has 4 aromatic rings. The van der Waals surface area contributed by atoms with E-state index in [0.29, 0.717) is 0 Å². The molecule has 2 nitrogen and oxygen atoms in total. The van der Waals surface area contributed by atoms with Crippen LogP contribution in [-0.4, -0.2) is 17.4 Å². The van der Waals surface area contributed by atoms with Crippen LogP contribution in [-0.2, 0) is 26.5 Å². The van der Waals surface area contributed by atoms with Crippen LogP contribution in [0.2, 0.25) is 0 Å². The minimum atomic E-state index is 0. The van der Waals surface area contributed by atoms with Crippen LogP contribution in [0.3, 0.4) is 0 Å². The monoisotopic (exact) mass is 471 g/mol. The molecule has 0 saturated heterocycles. The van der Waals surface area contributed by atoms with Crippen LogP contribution in [0.1, 0.15) is 11.1 Å². The maximum absolute atomic E-state index is 8.47. The van der Waals surface area contributed by atoms with Gasteiger partial charge in [-0.2, -0.15) is 17.5 Å². The van der Waals surface area contributed by atoms with Crippen LogP contribution >= 0.6 is 0 Å². The van der Waals surface area contributed by atoms with Gasteiger partial charge >= 0.3 is 21.7 Å². The van der Waals surface area contributed by atoms with Crippen molar-refractivity contribution in [2.75, 3.05) is 0 Å². The SMILES string of the molecule is C=C(C(=C)c1ccccc1)c1ccccc1.[CH3-].[CH3-].[NH-]C=O.[Si].[Ti+4].c1ccc2[cH-]ccc2c1. The van der Waals surface area contributed by atoms with E-state index in [0.717, 1.165) is 22.3 Å². The van der Waals surface area contributed by atoms with Crippen LogP contribution in [0.15, 0.2) is 116 Å². The predicted molar refractivity (Wildman–Crippen MR) is 139 cm³/mol. The Morgan fingerprint density at radius 2 is 1.09 bits per heavy atom. The molecule has 0 spiro atoms. The number of hydrogen-bond donors (Lipinski definition) is 0. The third kappa shape index (κ3) is 10.5. The van der Waals surface area contributed by atoms with Gasteiger partial charge in [0.15, 0.2) is 0 Å². The van der Waals surface area contributed by atoms with Gasteiger partial charge in [0.2, 0.25) is 0 Å². The Labute approximate surface area is 213 Å². The zero-order chi connectivity index (χ0) is 20.2. The van der Waals surface area contributed by atoms with Crippen LogP contribution in [0, 0.1) is 14.9 Å². The minimum absolute atomic E-state index is 0. The number of carbonyl (C=O) groups excluding carboxylic acids is 1. The summed E-state index contributed by atoms with van der Waals surface area (Å²) in [6.45, 7) is 8.20. The summed E-state index contributed by atoms with van der Waals surface area (Å²) in [6, 6.07) is 34.9. The Bertz CT molecular complexity index is 947. The molecular formula is C28H29NOSiTi. The molecule has 0 bridgehead atoms. The summed E-state index contributed by atoms with van der Waals surface area (Å²) < 4.78 is 0. The molecule has 4 radical (unpaired) electrons. The molecule has 0 unspecified atom stereocenters. The summed E-state index contributed by atoms with van der Waals surface area (Å²) in [4.78, 5) is 8.47. The van der Waals surface area contributed by atoms with Gasteiger partial charge < -0.3 is 25.4 Å². The summed E-state index contributed by atoms with van der Waals surface area (Å²) in [6.07, 6.45) is 0. The van der Waals surface area contributed by atoms with Crippen molar-refractivity contribution in [2.45, 2.75) is 0 Å². The number of amides is 1. The van der Waals surface area contributed by atoms with Gasteiger partial charge in [-0.3, -0.25) is 0 Å². The van der Waals surface area contributed by atoms with E-state index in [4.69, 9.17) is 10.5 Å². The molecule has 0 aliphatic carbocycles. The summed E-state index contributed by atoms with van der Waals surface area (Å²) in [5.41, 5.74) is 9.73. The first kappa shape index (κ1) is 33.8. The second kappa shape index (κ2) is 18.9. The molecule has 0 saturated carbocycles. The topological polar surface area (TPSA) is 40.9 Å². The molecule has 32 heavy (non-hydrogen) atoms. The van der Waals surface area contributed by atoms with E-state index in [1.807, 2.05) is 36.4 Å². The van der Waals surface area contributed by atoms with Gasteiger partial charge in [0.1, 0.15) is 0 Å². The van der Waals surface area contributed by atoms with Gasteiger partial charge in [-0.25, -0.2) is 0 Å². The van der Waals surface area contributed by atoms with Gasteiger partial charge in [0, 0.05) is 17.4 Å². The van der Waals surface area contributed by atoms with E-state index in [1.54, 1.807) is 0 Å². The van der Waals surface area contributed by atoms with E-state index in [9.17, 15) is 0 Å². The van der Waals surface area contributed by atoms with E-state index in [2.05, 4.69) is 79.9 Å².